The summed E-state index contributed by atoms with van der Waals surface area (Å²) in [5, 5.41) is 3.65. The normalized spacial score (nSPS) is 10.5. The topological polar surface area (TPSA) is 71.0 Å². The largest absolute Gasteiger partial charge is 0.322 e. The Morgan fingerprint density at radius 1 is 0.800 bits per heavy atom. The lowest BCUT2D eigenvalue weighted by Crippen LogP contribution is -2.15. The van der Waals surface area contributed by atoms with E-state index in [0.717, 1.165) is 5.69 Å². The van der Waals surface area contributed by atoms with Gasteiger partial charge < -0.3 is 5.32 Å². The van der Waals surface area contributed by atoms with Crippen LogP contribution in [0.5, 0.6) is 0 Å². The maximum absolute atomic E-state index is 12.7. The van der Waals surface area contributed by atoms with Gasteiger partial charge in [0.05, 0.1) is 5.69 Å². The SMILES string of the molecule is O=C(Nc1cccc(N(c2ccccn2)c2ncccn2)c1)c1cc(Cl)cc(Cl)c1. The quantitative estimate of drug-likeness (QED) is 0.422. The Kier molecular flexibility index (Phi) is 5.88. The first-order valence-electron chi connectivity index (χ1n) is 8.96. The summed E-state index contributed by atoms with van der Waals surface area (Å²) in [6.07, 6.45) is 5.01. The number of carbonyl (C=O) groups excluding carboxylic acids is 1. The Morgan fingerprint density at radius 2 is 1.53 bits per heavy atom. The Balaban J connectivity index is 1.67. The van der Waals surface area contributed by atoms with Gasteiger partial charge in [0.1, 0.15) is 5.82 Å². The average molecular weight is 436 g/mol. The van der Waals surface area contributed by atoms with Gasteiger partial charge >= 0.3 is 0 Å². The molecule has 6 nitrogen and oxygen atoms in total. The third-order valence-electron chi connectivity index (χ3n) is 4.12. The molecule has 8 heteroatoms. The summed E-state index contributed by atoms with van der Waals surface area (Å²) < 4.78 is 0. The minimum absolute atomic E-state index is 0.322. The van der Waals surface area contributed by atoms with Crippen molar-refractivity contribution in [3.05, 3.63) is 101 Å². The number of aromatic nitrogens is 3. The molecule has 0 saturated carbocycles. The van der Waals surface area contributed by atoms with Crippen LogP contribution in [0.2, 0.25) is 10.0 Å². The van der Waals surface area contributed by atoms with Crippen molar-refractivity contribution in [3.8, 4) is 0 Å². The molecule has 0 unspecified atom stereocenters. The van der Waals surface area contributed by atoms with Crippen molar-refractivity contribution in [2.75, 3.05) is 10.2 Å². The molecule has 4 aromatic rings. The van der Waals surface area contributed by atoms with Gasteiger partial charge in [0.15, 0.2) is 0 Å². The number of rotatable bonds is 5. The lowest BCUT2D eigenvalue weighted by molar-refractivity contribution is 0.102. The molecular formula is C22H15Cl2N5O. The molecule has 0 radical (unpaired) electrons. The molecule has 0 fully saturated rings. The van der Waals surface area contributed by atoms with Crippen LogP contribution < -0.4 is 10.2 Å². The molecule has 4 rings (SSSR count). The molecule has 2 aromatic carbocycles. The smallest absolute Gasteiger partial charge is 0.255 e. The Morgan fingerprint density at radius 3 is 2.23 bits per heavy atom. The van der Waals surface area contributed by atoms with Gasteiger partial charge in [-0.3, -0.25) is 9.69 Å². The lowest BCUT2D eigenvalue weighted by atomic mass is 10.2. The predicted octanol–water partition coefficient (Wildman–Crippen LogP) is 5.90. The number of nitrogens with zero attached hydrogens (tertiary/aromatic N) is 4. The van der Waals surface area contributed by atoms with Crippen LogP contribution in [0.3, 0.4) is 0 Å². The molecule has 0 aliphatic heterocycles. The number of carbonyl (C=O) groups is 1. The van der Waals surface area contributed by atoms with E-state index in [1.54, 1.807) is 53.8 Å². The number of hydrogen-bond acceptors (Lipinski definition) is 5. The number of pyridine rings is 1. The van der Waals surface area contributed by atoms with Crippen LogP contribution in [0.25, 0.3) is 0 Å². The second-order valence-corrected chi connectivity index (χ2v) is 7.11. The third kappa shape index (κ3) is 4.56. The summed E-state index contributed by atoms with van der Waals surface area (Å²) in [5.74, 6) is 0.784. The minimum Gasteiger partial charge on any atom is -0.322 e. The second-order valence-electron chi connectivity index (χ2n) is 6.23. The Labute approximate surface area is 183 Å². The molecule has 2 heterocycles. The fraction of sp³-hybridized carbons (Fsp3) is 0. The van der Waals surface area contributed by atoms with Gasteiger partial charge in [-0.05, 0) is 54.6 Å². The van der Waals surface area contributed by atoms with E-state index in [1.807, 2.05) is 36.4 Å². The molecule has 0 atom stereocenters. The van der Waals surface area contributed by atoms with Crippen LogP contribution in [-0.4, -0.2) is 20.9 Å². The zero-order valence-electron chi connectivity index (χ0n) is 15.5. The summed E-state index contributed by atoms with van der Waals surface area (Å²) >= 11 is 12.0. The Bertz CT molecular complexity index is 1110. The van der Waals surface area contributed by atoms with Crippen LogP contribution in [0.4, 0.5) is 23.1 Å². The molecule has 148 valence electrons. The zero-order chi connectivity index (χ0) is 20.9. The fourth-order valence-corrected chi connectivity index (χ4v) is 3.38. The van der Waals surface area contributed by atoms with E-state index in [9.17, 15) is 4.79 Å². The molecular weight excluding hydrogens is 421 g/mol. The van der Waals surface area contributed by atoms with Crippen LogP contribution in [0.1, 0.15) is 10.4 Å². The zero-order valence-corrected chi connectivity index (χ0v) is 17.0. The number of hydrogen-bond donors (Lipinski definition) is 1. The van der Waals surface area contributed by atoms with Gasteiger partial charge in [0, 0.05) is 39.9 Å². The van der Waals surface area contributed by atoms with Gasteiger partial charge in [-0.25, -0.2) is 15.0 Å². The predicted molar refractivity (Wildman–Crippen MR) is 119 cm³/mol. The first-order valence-corrected chi connectivity index (χ1v) is 9.71. The molecule has 1 N–H and O–H groups in total. The van der Waals surface area contributed by atoms with Gasteiger partial charge in [-0.15, -0.1) is 0 Å². The maximum Gasteiger partial charge on any atom is 0.255 e. The summed E-state index contributed by atoms with van der Waals surface area (Å²) in [4.78, 5) is 27.6. The number of amides is 1. The first-order chi connectivity index (χ1) is 14.6. The van der Waals surface area contributed by atoms with E-state index < -0.39 is 0 Å². The molecule has 0 aliphatic carbocycles. The maximum atomic E-state index is 12.7. The number of nitrogens with one attached hydrogen (secondary N) is 1. The van der Waals surface area contributed by atoms with Crippen LogP contribution in [0.15, 0.2) is 85.3 Å². The van der Waals surface area contributed by atoms with E-state index in [1.165, 1.54) is 0 Å². The monoisotopic (exact) mass is 435 g/mol. The molecule has 2 aromatic heterocycles. The van der Waals surface area contributed by atoms with Gasteiger partial charge in [0.2, 0.25) is 5.95 Å². The molecule has 30 heavy (non-hydrogen) atoms. The van der Waals surface area contributed by atoms with Crippen molar-refractivity contribution < 1.29 is 4.79 Å². The van der Waals surface area contributed by atoms with Crippen molar-refractivity contribution in [1.82, 2.24) is 15.0 Å². The second kappa shape index (κ2) is 8.90. The molecule has 0 aliphatic rings. The highest BCUT2D eigenvalue weighted by molar-refractivity contribution is 6.35. The molecule has 0 saturated heterocycles. The fourth-order valence-electron chi connectivity index (χ4n) is 2.85. The Hall–Kier alpha value is -3.48. The molecule has 0 spiro atoms. The van der Waals surface area contributed by atoms with Crippen molar-refractivity contribution in [2.45, 2.75) is 0 Å². The van der Waals surface area contributed by atoms with Gasteiger partial charge in [0.25, 0.3) is 5.91 Å². The average Bonchev–Trinajstić information content (AvgIpc) is 2.75. The van der Waals surface area contributed by atoms with E-state index in [-0.39, 0.29) is 5.91 Å². The lowest BCUT2D eigenvalue weighted by Gasteiger charge is -2.22. The summed E-state index contributed by atoms with van der Waals surface area (Å²) in [7, 11) is 0. The van der Waals surface area contributed by atoms with E-state index in [0.29, 0.717) is 33.1 Å². The van der Waals surface area contributed by atoms with Crippen LogP contribution in [-0.2, 0) is 0 Å². The van der Waals surface area contributed by atoms with E-state index >= 15 is 0 Å². The van der Waals surface area contributed by atoms with Crippen molar-refractivity contribution in [3.63, 3.8) is 0 Å². The summed E-state index contributed by atoms with van der Waals surface area (Å²) in [5.41, 5.74) is 1.69. The van der Waals surface area contributed by atoms with Crippen molar-refractivity contribution >= 4 is 52.3 Å². The van der Waals surface area contributed by atoms with E-state index in [2.05, 4.69) is 20.3 Å². The van der Waals surface area contributed by atoms with Crippen LogP contribution in [0, 0.1) is 0 Å². The highest BCUT2D eigenvalue weighted by Crippen LogP contribution is 2.31. The van der Waals surface area contributed by atoms with Gasteiger partial charge in [-0.1, -0.05) is 35.3 Å². The number of benzene rings is 2. The number of anilines is 4. The van der Waals surface area contributed by atoms with Gasteiger partial charge in [-0.2, -0.15) is 0 Å². The first kappa shape index (κ1) is 19.8. The highest BCUT2D eigenvalue weighted by Gasteiger charge is 2.16. The summed E-state index contributed by atoms with van der Waals surface area (Å²) in [6, 6.07) is 19.3. The van der Waals surface area contributed by atoms with E-state index in [4.69, 9.17) is 23.2 Å². The van der Waals surface area contributed by atoms with Crippen molar-refractivity contribution in [1.29, 1.82) is 0 Å². The standard InChI is InChI=1S/C22H15Cl2N5O/c23-16-11-15(12-17(24)13-16)21(30)28-18-5-3-6-19(14-18)29(20-7-1-2-8-25-20)22-26-9-4-10-27-22/h1-14H,(H,28,30). The molecule has 1 amide bonds. The molecule has 0 bridgehead atoms. The van der Waals surface area contributed by atoms with Crippen molar-refractivity contribution in [2.24, 2.45) is 0 Å². The van der Waals surface area contributed by atoms with Crippen LogP contribution >= 0.6 is 23.2 Å². The number of halogens is 2. The third-order valence-corrected chi connectivity index (χ3v) is 4.55. The minimum atomic E-state index is -0.322. The summed E-state index contributed by atoms with van der Waals surface area (Å²) in [6.45, 7) is 0. The highest BCUT2D eigenvalue weighted by atomic mass is 35.5.